The largest absolute Gasteiger partial charge is 0.325 e. The number of aromatic nitrogens is 1. The summed E-state index contributed by atoms with van der Waals surface area (Å²) in [4.78, 5) is 26.3. The maximum absolute atomic E-state index is 12.1. The fourth-order valence-electron chi connectivity index (χ4n) is 2.61. The maximum Gasteiger partial charge on any atom is 0.269 e. The van der Waals surface area contributed by atoms with Crippen molar-refractivity contribution < 1.29 is 9.72 Å². The molecule has 0 unspecified atom stereocenters. The molecule has 0 saturated carbocycles. The Kier molecular flexibility index (Phi) is 6.75. The van der Waals surface area contributed by atoms with Crippen molar-refractivity contribution in [2.45, 2.75) is 12.2 Å². The Morgan fingerprint density at radius 2 is 1.54 bits per heavy atom. The molecule has 1 amide bonds. The van der Waals surface area contributed by atoms with Crippen LogP contribution in [-0.4, -0.2) is 21.6 Å². The molecule has 0 aliphatic heterocycles. The summed E-state index contributed by atoms with van der Waals surface area (Å²) in [6.45, 7) is 0. The Morgan fingerprint density at radius 1 is 0.929 bits per heavy atom. The number of anilines is 1. The number of non-ortho nitro benzene ring substituents is 1. The van der Waals surface area contributed by atoms with Gasteiger partial charge < -0.3 is 5.32 Å². The molecule has 0 saturated heterocycles. The highest BCUT2D eigenvalue weighted by molar-refractivity contribution is 7.99. The van der Waals surface area contributed by atoms with E-state index in [-0.39, 0.29) is 11.6 Å². The summed E-state index contributed by atoms with van der Waals surface area (Å²) in [6.07, 6.45) is 4.37. The van der Waals surface area contributed by atoms with E-state index in [2.05, 4.69) is 10.3 Å². The van der Waals surface area contributed by atoms with Gasteiger partial charge in [0.25, 0.3) is 5.69 Å². The van der Waals surface area contributed by atoms with E-state index in [1.54, 1.807) is 24.5 Å². The van der Waals surface area contributed by atoms with Crippen molar-refractivity contribution in [2.75, 3.05) is 11.1 Å². The van der Waals surface area contributed by atoms with Crippen LogP contribution in [0.4, 0.5) is 11.4 Å². The lowest BCUT2D eigenvalue weighted by atomic mass is 10.1. The topological polar surface area (TPSA) is 85.1 Å². The van der Waals surface area contributed by atoms with Gasteiger partial charge in [-0.2, -0.15) is 0 Å². The monoisotopic (exact) mass is 393 g/mol. The molecule has 0 fully saturated rings. The molecule has 2 aromatic carbocycles. The number of rotatable bonds is 8. The number of nitrogens with zero attached hydrogens (tertiary/aromatic N) is 2. The fourth-order valence-corrected chi connectivity index (χ4v) is 3.40. The Hall–Kier alpha value is -3.19. The SMILES string of the molecule is O=C(CSCc1ccc([N+](=O)[O-])cc1)Nc1ccc(Cc2ccncc2)cc1. The molecular formula is C21H19N3O3S. The fraction of sp³-hybridized carbons (Fsp3) is 0.143. The summed E-state index contributed by atoms with van der Waals surface area (Å²) in [7, 11) is 0. The van der Waals surface area contributed by atoms with E-state index in [1.165, 1.54) is 29.5 Å². The van der Waals surface area contributed by atoms with Crippen LogP contribution in [0.25, 0.3) is 0 Å². The van der Waals surface area contributed by atoms with Gasteiger partial charge >= 0.3 is 0 Å². The molecule has 0 spiro atoms. The molecule has 6 nitrogen and oxygen atoms in total. The number of nitro benzene ring substituents is 1. The minimum atomic E-state index is -0.424. The van der Waals surface area contributed by atoms with Gasteiger partial charge in [0.05, 0.1) is 10.7 Å². The molecule has 0 atom stereocenters. The molecular weight excluding hydrogens is 374 g/mol. The molecule has 0 aliphatic carbocycles. The van der Waals surface area contributed by atoms with Crippen molar-refractivity contribution in [3.8, 4) is 0 Å². The summed E-state index contributed by atoms with van der Waals surface area (Å²) in [5, 5.41) is 13.5. The summed E-state index contributed by atoms with van der Waals surface area (Å²) < 4.78 is 0. The van der Waals surface area contributed by atoms with E-state index in [0.29, 0.717) is 11.5 Å². The highest BCUT2D eigenvalue weighted by Gasteiger charge is 2.06. The second-order valence-electron chi connectivity index (χ2n) is 6.19. The first-order valence-electron chi connectivity index (χ1n) is 8.69. The molecule has 7 heteroatoms. The second-order valence-corrected chi connectivity index (χ2v) is 7.18. The maximum atomic E-state index is 12.1. The lowest BCUT2D eigenvalue weighted by Gasteiger charge is -2.07. The van der Waals surface area contributed by atoms with E-state index in [0.717, 1.165) is 23.2 Å². The van der Waals surface area contributed by atoms with Crippen LogP contribution < -0.4 is 5.32 Å². The third-order valence-electron chi connectivity index (χ3n) is 4.04. The zero-order valence-electron chi connectivity index (χ0n) is 15.1. The Bertz CT molecular complexity index is 929. The van der Waals surface area contributed by atoms with Crippen molar-refractivity contribution >= 4 is 29.0 Å². The van der Waals surface area contributed by atoms with Crippen LogP contribution in [0.3, 0.4) is 0 Å². The van der Waals surface area contributed by atoms with E-state index < -0.39 is 4.92 Å². The number of nitro groups is 1. The number of carbonyl (C=O) groups is 1. The zero-order valence-corrected chi connectivity index (χ0v) is 15.9. The van der Waals surface area contributed by atoms with E-state index in [9.17, 15) is 14.9 Å². The van der Waals surface area contributed by atoms with Gasteiger partial charge in [-0.1, -0.05) is 24.3 Å². The predicted molar refractivity (Wildman–Crippen MR) is 111 cm³/mol. The van der Waals surface area contributed by atoms with Gasteiger partial charge in [-0.05, 0) is 47.4 Å². The third kappa shape index (κ3) is 5.92. The van der Waals surface area contributed by atoms with Crippen LogP contribution in [0, 0.1) is 10.1 Å². The van der Waals surface area contributed by atoms with Crippen LogP contribution >= 0.6 is 11.8 Å². The van der Waals surface area contributed by atoms with Gasteiger partial charge in [-0.15, -0.1) is 11.8 Å². The van der Waals surface area contributed by atoms with Crippen LogP contribution in [-0.2, 0) is 17.0 Å². The zero-order chi connectivity index (χ0) is 19.8. The molecule has 0 aliphatic rings. The molecule has 0 bridgehead atoms. The number of thioether (sulfide) groups is 1. The van der Waals surface area contributed by atoms with Crippen molar-refractivity contribution in [3.05, 3.63) is 99.9 Å². The molecule has 1 aromatic heterocycles. The molecule has 3 aromatic rings. The van der Waals surface area contributed by atoms with Crippen LogP contribution in [0.15, 0.2) is 73.1 Å². The van der Waals surface area contributed by atoms with Gasteiger partial charge in [-0.3, -0.25) is 19.9 Å². The lowest BCUT2D eigenvalue weighted by Crippen LogP contribution is -2.14. The van der Waals surface area contributed by atoms with Gasteiger partial charge in [-0.25, -0.2) is 0 Å². The molecule has 28 heavy (non-hydrogen) atoms. The second kappa shape index (κ2) is 9.66. The minimum Gasteiger partial charge on any atom is -0.325 e. The number of nitrogens with one attached hydrogen (secondary N) is 1. The number of pyridine rings is 1. The molecule has 1 N–H and O–H groups in total. The van der Waals surface area contributed by atoms with Gasteiger partial charge in [0, 0.05) is 36.0 Å². The van der Waals surface area contributed by atoms with E-state index in [4.69, 9.17) is 0 Å². The minimum absolute atomic E-state index is 0.0684. The highest BCUT2D eigenvalue weighted by atomic mass is 32.2. The van der Waals surface area contributed by atoms with E-state index >= 15 is 0 Å². The summed E-state index contributed by atoms with van der Waals surface area (Å²) in [6, 6.07) is 18.1. The van der Waals surface area contributed by atoms with Crippen molar-refractivity contribution in [1.82, 2.24) is 4.98 Å². The average molecular weight is 393 g/mol. The van der Waals surface area contributed by atoms with Gasteiger partial charge in [0.15, 0.2) is 0 Å². The number of carbonyl (C=O) groups excluding carboxylic acids is 1. The Labute approximate surface area is 167 Å². The quantitative estimate of drug-likeness (QED) is 0.451. The summed E-state index contributed by atoms with van der Waals surface area (Å²) in [5.41, 5.74) is 4.13. The van der Waals surface area contributed by atoms with Crippen LogP contribution in [0.1, 0.15) is 16.7 Å². The molecule has 3 rings (SSSR count). The summed E-state index contributed by atoms with van der Waals surface area (Å²) >= 11 is 1.47. The predicted octanol–water partition coefficient (Wildman–Crippen LogP) is 4.45. The van der Waals surface area contributed by atoms with Crippen molar-refractivity contribution in [3.63, 3.8) is 0 Å². The Morgan fingerprint density at radius 3 is 2.18 bits per heavy atom. The number of benzene rings is 2. The smallest absolute Gasteiger partial charge is 0.269 e. The highest BCUT2D eigenvalue weighted by Crippen LogP contribution is 2.18. The number of hydrogen-bond acceptors (Lipinski definition) is 5. The van der Waals surface area contributed by atoms with Crippen LogP contribution in [0.5, 0.6) is 0 Å². The normalized spacial score (nSPS) is 10.4. The van der Waals surface area contributed by atoms with Crippen molar-refractivity contribution in [2.24, 2.45) is 0 Å². The molecule has 142 valence electrons. The first kappa shape index (κ1) is 19.6. The van der Waals surface area contributed by atoms with E-state index in [1.807, 2.05) is 36.4 Å². The first-order valence-corrected chi connectivity index (χ1v) is 9.84. The first-order chi connectivity index (χ1) is 13.6. The molecule has 0 radical (unpaired) electrons. The summed E-state index contributed by atoms with van der Waals surface area (Å²) in [5.74, 6) is 0.861. The van der Waals surface area contributed by atoms with Gasteiger partial charge in [0.1, 0.15) is 0 Å². The lowest BCUT2D eigenvalue weighted by molar-refractivity contribution is -0.384. The standard InChI is InChI=1S/C21H19N3O3S/c25-21(15-28-14-18-3-7-20(8-4-18)24(26)27)23-19-5-1-16(2-6-19)13-17-9-11-22-12-10-17/h1-12H,13-15H2,(H,23,25). The van der Waals surface area contributed by atoms with Crippen LogP contribution in [0.2, 0.25) is 0 Å². The van der Waals surface area contributed by atoms with Crippen molar-refractivity contribution in [1.29, 1.82) is 0 Å². The number of amides is 1. The van der Waals surface area contributed by atoms with Gasteiger partial charge in [0.2, 0.25) is 5.91 Å². The number of hydrogen-bond donors (Lipinski definition) is 1. The molecule has 1 heterocycles. The average Bonchev–Trinajstić information content (AvgIpc) is 2.71. The third-order valence-corrected chi connectivity index (χ3v) is 5.05. The Balaban J connectivity index is 1.43.